The fraction of sp³-hybridized carbons (Fsp3) is 0.154. The van der Waals surface area contributed by atoms with Crippen molar-refractivity contribution < 1.29 is 13.8 Å². The average molecular weight is 368 g/mol. The first kappa shape index (κ1) is 16.0. The van der Waals surface area contributed by atoms with E-state index in [1.165, 1.54) is 34.8 Å². The van der Waals surface area contributed by atoms with E-state index >= 15 is 0 Å². The molecule has 2 N–H and O–H groups in total. The van der Waals surface area contributed by atoms with E-state index in [1.807, 2.05) is 24.3 Å². The third kappa shape index (κ3) is 3.91. The molecule has 0 unspecified atom stereocenters. The van der Waals surface area contributed by atoms with Gasteiger partial charge in [-0.1, -0.05) is 12.1 Å². The molecule has 23 heavy (non-hydrogen) atoms. The Bertz CT molecular complexity index is 787. The molecular weight excluding hydrogens is 356 g/mol. The first-order valence-electron chi connectivity index (χ1n) is 6.41. The van der Waals surface area contributed by atoms with Crippen LogP contribution >= 0.6 is 34.7 Å². The normalized spacial score (nSPS) is 10.8. The van der Waals surface area contributed by atoms with Gasteiger partial charge in [-0.05, 0) is 12.1 Å². The van der Waals surface area contributed by atoms with Crippen molar-refractivity contribution in [2.45, 2.75) is 4.34 Å². The Balaban J connectivity index is 1.58. The van der Waals surface area contributed by atoms with E-state index in [9.17, 15) is 4.79 Å². The van der Waals surface area contributed by atoms with Gasteiger partial charge in [0.25, 0.3) is 0 Å². The number of para-hydroxylation sites is 1. The minimum absolute atomic E-state index is 0.0996. The van der Waals surface area contributed by atoms with Gasteiger partial charge in [-0.25, -0.2) is 19.8 Å². The summed E-state index contributed by atoms with van der Waals surface area (Å²) in [6.07, 6.45) is 0. The number of hydroxylamine groups is 1. The molecule has 0 aliphatic rings. The average Bonchev–Trinajstić information content (AvgIpc) is 3.16. The number of nitrogens with zero attached hydrogens (tertiary/aromatic N) is 3. The summed E-state index contributed by atoms with van der Waals surface area (Å²) in [5.74, 6) is -0.000357. The lowest BCUT2D eigenvalue weighted by Gasteiger charge is -2.17. The number of carbonyl (C=O) groups is 1. The minimum atomic E-state index is -0.470. The number of hydrogen-bond acceptors (Lipinski definition) is 10. The van der Waals surface area contributed by atoms with Crippen molar-refractivity contribution in [3.05, 3.63) is 29.6 Å². The van der Waals surface area contributed by atoms with Crippen LogP contribution in [0.15, 0.2) is 34.0 Å². The summed E-state index contributed by atoms with van der Waals surface area (Å²) >= 11 is 3.67. The molecule has 0 spiro atoms. The van der Waals surface area contributed by atoms with E-state index in [-0.39, 0.29) is 6.54 Å². The number of anilines is 2. The Hall–Kier alpha value is -1.88. The Morgan fingerprint density at radius 3 is 2.91 bits per heavy atom. The molecule has 10 heteroatoms. The zero-order valence-corrected chi connectivity index (χ0v) is 14.4. The van der Waals surface area contributed by atoms with Crippen molar-refractivity contribution in [1.82, 2.24) is 9.97 Å². The van der Waals surface area contributed by atoms with Crippen LogP contribution in [0.25, 0.3) is 10.2 Å². The molecule has 3 aromatic rings. The Morgan fingerprint density at radius 1 is 1.39 bits per heavy atom. The highest BCUT2D eigenvalue weighted by Gasteiger charge is 2.17. The number of nitrogens with two attached hydrogens (primary N) is 1. The highest BCUT2D eigenvalue weighted by Crippen LogP contribution is 2.30. The van der Waals surface area contributed by atoms with Gasteiger partial charge in [-0.2, -0.15) is 0 Å². The molecule has 2 heterocycles. The van der Waals surface area contributed by atoms with Crippen molar-refractivity contribution in [3.8, 4) is 0 Å². The topological polar surface area (TPSA) is 90.6 Å². The molecule has 120 valence electrons. The molecule has 0 aliphatic heterocycles. The van der Waals surface area contributed by atoms with Gasteiger partial charge in [0.2, 0.25) is 0 Å². The standard InChI is InChI=1S/C13H12N4O3S3/c1-19-17(10-7-21-12(14)16-10)6-11(18)20-23-13-15-8-4-2-3-5-9(8)22-13/h2-5,7H,6H2,1H3,(H2,14,16). The highest BCUT2D eigenvalue weighted by atomic mass is 32.2. The molecule has 0 saturated heterocycles. The monoisotopic (exact) mass is 368 g/mol. The summed E-state index contributed by atoms with van der Waals surface area (Å²) in [6.45, 7) is -0.0996. The summed E-state index contributed by atoms with van der Waals surface area (Å²) in [5.41, 5.74) is 6.45. The van der Waals surface area contributed by atoms with Gasteiger partial charge < -0.3 is 9.92 Å². The smallest absolute Gasteiger partial charge is 0.340 e. The van der Waals surface area contributed by atoms with Crippen LogP contribution in [0.3, 0.4) is 0 Å². The van der Waals surface area contributed by atoms with Gasteiger partial charge in [0.1, 0.15) is 18.6 Å². The maximum atomic E-state index is 11.9. The first-order chi connectivity index (χ1) is 11.2. The predicted molar refractivity (Wildman–Crippen MR) is 92.5 cm³/mol. The molecule has 0 fully saturated rings. The van der Waals surface area contributed by atoms with Gasteiger partial charge in [-0.15, -0.1) is 22.7 Å². The molecule has 2 aromatic heterocycles. The number of carbonyl (C=O) groups excluding carboxylic acids is 1. The zero-order chi connectivity index (χ0) is 16.2. The minimum Gasteiger partial charge on any atom is -0.382 e. The lowest BCUT2D eigenvalue weighted by atomic mass is 10.3. The zero-order valence-electron chi connectivity index (χ0n) is 12.0. The molecule has 3 rings (SSSR count). The van der Waals surface area contributed by atoms with Crippen LogP contribution in [0.4, 0.5) is 10.9 Å². The Kier molecular flexibility index (Phi) is 4.96. The number of thiazole rings is 2. The number of nitrogen functional groups attached to an aromatic ring is 1. The van der Waals surface area contributed by atoms with Gasteiger partial charge >= 0.3 is 5.97 Å². The van der Waals surface area contributed by atoms with E-state index in [1.54, 1.807) is 5.38 Å². The van der Waals surface area contributed by atoms with Crippen molar-refractivity contribution in [3.63, 3.8) is 0 Å². The molecule has 0 aliphatic carbocycles. The number of hydrogen-bond donors (Lipinski definition) is 1. The summed E-state index contributed by atoms with van der Waals surface area (Å²) in [5, 5.41) is 3.42. The van der Waals surface area contributed by atoms with Crippen LogP contribution in [-0.2, 0) is 13.8 Å². The second kappa shape index (κ2) is 7.13. The largest absolute Gasteiger partial charge is 0.382 e. The van der Waals surface area contributed by atoms with E-state index < -0.39 is 5.97 Å². The fourth-order valence-corrected chi connectivity index (χ4v) is 3.84. The van der Waals surface area contributed by atoms with Crippen LogP contribution in [-0.4, -0.2) is 29.6 Å². The molecule has 0 radical (unpaired) electrons. The summed E-state index contributed by atoms with van der Waals surface area (Å²) in [6, 6.07) is 7.74. The van der Waals surface area contributed by atoms with Crippen molar-refractivity contribution in [1.29, 1.82) is 0 Å². The third-order valence-electron chi connectivity index (χ3n) is 2.74. The van der Waals surface area contributed by atoms with E-state index in [4.69, 9.17) is 14.8 Å². The van der Waals surface area contributed by atoms with Gasteiger partial charge in [0.15, 0.2) is 15.3 Å². The van der Waals surface area contributed by atoms with Crippen LogP contribution in [0.5, 0.6) is 0 Å². The van der Waals surface area contributed by atoms with Crippen molar-refractivity contribution in [2.75, 3.05) is 24.5 Å². The SMILES string of the molecule is CON(CC(=O)OSc1nc2ccccc2s1)c1csc(N)n1. The van der Waals surface area contributed by atoms with Gasteiger partial charge in [-0.3, -0.25) is 4.84 Å². The Morgan fingerprint density at radius 2 is 2.22 bits per heavy atom. The van der Waals surface area contributed by atoms with E-state index in [2.05, 4.69) is 9.97 Å². The third-order valence-corrected chi connectivity index (χ3v) is 5.19. The first-order valence-corrected chi connectivity index (χ1v) is 8.85. The summed E-state index contributed by atoms with van der Waals surface area (Å²) in [7, 11) is 1.45. The van der Waals surface area contributed by atoms with Crippen LogP contribution in [0.1, 0.15) is 0 Å². The van der Waals surface area contributed by atoms with Crippen LogP contribution in [0.2, 0.25) is 0 Å². The molecule has 0 saturated carbocycles. The van der Waals surface area contributed by atoms with E-state index in [0.717, 1.165) is 22.3 Å². The summed E-state index contributed by atoms with van der Waals surface area (Å²) < 4.78 is 6.88. The van der Waals surface area contributed by atoms with Gasteiger partial charge in [0, 0.05) is 5.38 Å². The number of aromatic nitrogens is 2. The predicted octanol–water partition coefficient (Wildman–Crippen LogP) is 2.95. The molecule has 0 bridgehead atoms. The second-order valence-corrected chi connectivity index (χ2v) is 7.15. The molecule has 0 atom stereocenters. The highest BCUT2D eigenvalue weighted by molar-refractivity contribution is 7.97. The second-order valence-electron chi connectivity index (χ2n) is 4.25. The molecule has 1 aromatic carbocycles. The quantitative estimate of drug-likeness (QED) is 0.524. The molecule has 7 nitrogen and oxygen atoms in total. The van der Waals surface area contributed by atoms with Crippen LogP contribution < -0.4 is 10.8 Å². The number of fused-ring (bicyclic) bond motifs is 1. The van der Waals surface area contributed by atoms with Crippen molar-refractivity contribution in [2.24, 2.45) is 0 Å². The molecule has 0 amide bonds. The van der Waals surface area contributed by atoms with Crippen LogP contribution in [0, 0.1) is 0 Å². The lowest BCUT2D eigenvalue weighted by molar-refractivity contribution is -0.132. The maximum Gasteiger partial charge on any atom is 0.340 e. The maximum absolute atomic E-state index is 11.9. The Labute approximate surface area is 144 Å². The lowest BCUT2D eigenvalue weighted by Crippen LogP contribution is -2.29. The molecular formula is C13H12N4O3S3. The fourth-order valence-electron chi connectivity index (χ4n) is 1.74. The summed E-state index contributed by atoms with van der Waals surface area (Å²) in [4.78, 5) is 25.5. The number of rotatable bonds is 6. The van der Waals surface area contributed by atoms with Gasteiger partial charge in [0.05, 0.1) is 17.3 Å². The van der Waals surface area contributed by atoms with Crippen molar-refractivity contribution >= 4 is 61.9 Å². The van der Waals surface area contributed by atoms with E-state index in [0.29, 0.717) is 15.3 Å². The number of benzene rings is 1.